The molecule has 2 aromatic carbocycles. The fourth-order valence-electron chi connectivity index (χ4n) is 4.59. The van der Waals surface area contributed by atoms with Gasteiger partial charge in [-0.05, 0) is 49.1 Å². The van der Waals surface area contributed by atoms with Gasteiger partial charge in [-0.25, -0.2) is 4.79 Å². The molecule has 0 radical (unpaired) electrons. The minimum absolute atomic E-state index is 0.00717. The molecule has 190 valence electrons. The van der Waals surface area contributed by atoms with E-state index in [0.717, 1.165) is 5.56 Å². The van der Waals surface area contributed by atoms with Crippen LogP contribution in [-0.2, 0) is 22.6 Å². The number of alkyl halides is 6. The van der Waals surface area contributed by atoms with Crippen LogP contribution in [0.2, 0.25) is 0 Å². The Balaban J connectivity index is 1.58. The zero-order valence-corrected chi connectivity index (χ0v) is 18.8. The third-order valence-electron chi connectivity index (χ3n) is 6.75. The standard InChI is InChI=1S/C24H25F6N3O2/c1-15(16-9-18(23(25,26)27)11-19(10-16)24(28,29)30)35-14-22(17-5-3-2-4-6-17)8-7-21(13-32-22)12-31-20(34)33-21/h2-6,9-11,15,32H,7-8,12-14H2,1H3,(H2,31,33,34)/t15?,21-,22?/m1/s1. The van der Waals surface area contributed by atoms with Crippen molar-refractivity contribution in [3.05, 3.63) is 70.8 Å². The zero-order valence-electron chi connectivity index (χ0n) is 18.8. The molecule has 5 nitrogen and oxygen atoms in total. The Morgan fingerprint density at radius 3 is 2.06 bits per heavy atom. The Morgan fingerprint density at radius 2 is 1.57 bits per heavy atom. The van der Waals surface area contributed by atoms with Crippen molar-refractivity contribution in [3.63, 3.8) is 0 Å². The number of halogens is 6. The lowest BCUT2D eigenvalue weighted by Crippen LogP contribution is -2.63. The molecule has 4 rings (SSSR count). The van der Waals surface area contributed by atoms with Crippen molar-refractivity contribution >= 4 is 6.03 Å². The molecule has 2 aliphatic heterocycles. The molecule has 3 N–H and O–H groups in total. The van der Waals surface area contributed by atoms with Crippen LogP contribution in [0.25, 0.3) is 0 Å². The van der Waals surface area contributed by atoms with Gasteiger partial charge in [0.15, 0.2) is 0 Å². The van der Waals surface area contributed by atoms with Crippen LogP contribution in [0.15, 0.2) is 48.5 Å². The monoisotopic (exact) mass is 501 g/mol. The van der Waals surface area contributed by atoms with Gasteiger partial charge in [0, 0.05) is 13.1 Å². The molecule has 0 saturated carbocycles. The van der Waals surface area contributed by atoms with Crippen LogP contribution in [0, 0.1) is 0 Å². The zero-order chi connectivity index (χ0) is 25.5. The third-order valence-corrected chi connectivity index (χ3v) is 6.75. The van der Waals surface area contributed by atoms with E-state index in [1.54, 1.807) is 0 Å². The second-order valence-electron chi connectivity index (χ2n) is 9.18. The molecule has 2 heterocycles. The molecule has 35 heavy (non-hydrogen) atoms. The molecule has 3 atom stereocenters. The largest absolute Gasteiger partial charge is 0.416 e. The Kier molecular flexibility index (Phi) is 6.52. The second kappa shape index (κ2) is 9.02. The van der Waals surface area contributed by atoms with Gasteiger partial charge in [0.2, 0.25) is 0 Å². The summed E-state index contributed by atoms with van der Waals surface area (Å²) in [6.45, 7) is 2.30. The molecule has 0 bridgehead atoms. The summed E-state index contributed by atoms with van der Waals surface area (Å²) in [5, 5.41) is 9.11. The molecule has 11 heteroatoms. The molecule has 0 aromatic heterocycles. The maximum absolute atomic E-state index is 13.3. The van der Waals surface area contributed by atoms with Gasteiger partial charge in [-0.15, -0.1) is 0 Å². The van der Waals surface area contributed by atoms with Crippen LogP contribution < -0.4 is 16.0 Å². The van der Waals surface area contributed by atoms with Crippen LogP contribution in [0.4, 0.5) is 31.1 Å². The quantitative estimate of drug-likeness (QED) is 0.498. The van der Waals surface area contributed by atoms with Crippen LogP contribution in [0.5, 0.6) is 0 Å². The van der Waals surface area contributed by atoms with Gasteiger partial charge in [-0.1, -0.05) is 30.3 Å². The van der Waals surface area contributed by atoms with Crippen molar-refractivity contribution in [2.45, 2.75) is 49.3 Å². The Labute approximate surface area is 198 Å². The van der Waals surface area contributed by atoms with Crippen molar-refractivity contribution in [1.82, 2.24) is 16.0 Å². The summed E-state index contributed by atoms with van der Waals surface area (Å²) in [6, 6.07) is 10.5. The fraction of sp³-hybridized carbons (Fsp3) is 0.458. The number of hydrogen-bond acceptors (Lipinski definition) is 3. The highest BCUT2D eigenvalue weighted by molar-refractivity contribution is 5.77. The third kappa shape index (κ3) is 5.40. The van der Waals surface area contributed by atoms with E-state index in [0.29, 0.717) is 38.1 Å². The number of ether oxygens (including phenoxy) is 1. The Bertz CT molecular complexity index is 1030. The molecular weight excluding hydrogens is 476 g/mol. The van der Waals surface area contributed by atoms with E-state index in [-0.39, 0.29) is 24.3 Å². The molecule has 2 saturated heterocycles. The maximum atomic E-state index is 13.3. The summed E-state index contributed by atoms with van der Waals surface area (Å²) in [4.78, 5) is 11.7. The van der Waals surface area contributed by atoms with Crippen molar-refractivity contribution in [3.8, 4) is 0 Å². The Hall–Kier alpha value is -2.79. The van der Waals surface area contributed by atoms with Crippen LogP contribution in [-0.4, -0.2) is 31.3 Å². The SMILES string of the molecule is CC(OCC1(c2ccccc2)CC[C@@]2(CNC(=O)N2)CN1)c1cc(C(F)(F)F)cc(C(F)(F)F)c1. The summed E-state index contributed by atoms with van der Waals surface area (Å²) in [7, 11) is 0. The predicted molar refractivity (Wildman–Crippen MR) is 115 cm³/mol. The summed E-state index contributed by atoms with van der Waals surface area (Å²) in [5.74, 6) is 0. The summed E-state index contributed by atoms with van der Waals surface area (Å²) in [5.41, 5.74) is -3.29. The number of carbonyl (C=O) groups excluding carboxylic acids is 1. The summed E-state index contributed by atoms with van der Waals surface area (Å²) < 4.78 is 85.6. The number of piperidine rings is 1. The topological polar surface area (TPSA) is 62.4 Å². The highest BCUT2D eigenvalue weighted by Crippen LogP contribution is 2.39. The summed E-state index contributed by atoms with van der Waals surface area (Å²) in [6.07, 6.45) is -9.76. The lowest BCUT2D eigenvalue weighted by atomic mass is 9.76. The molecule has 2 aliphatic rings. The van der Waals surface area contributed by atoms with E-state index in [2.05, 4.69) is 16.0 Å². The first-order valence-corrected chi connectivity index (χ1v) is 11.1. The van der Waals surface area contributed by atoms with E-state index in [9.17, 15) is 31.1 Å². The normalized spacial score (nSPS) is 25.9. The first-order valence-electron chi connectivity index (χ1n) is 11.1. The molecule has 0 aliphatic carbocycles. The second-order valence-corrected chi connectivity index (χ2v) is 9.18. The van der Waals surface area contributed by atoms with Gasteiger partial charge >= 0.3 is 18.4 Å². The minimum Gasteiger partial charge on any atom is -0.372 e. The molecule has 2 unspecified atom stereocenters. The smallest absolute Gasteiger partial charge is 0.372 e. The van der Waals surface area contributed by atoms with Gasteiger partial charge in [0.25, 0.3) is 0 Å². The molecule has 1 spiro atoms. The van der Waals surface area contributed by atoms with E-state index in [1.165, 1.54) is 6.92 Å². The lowest BCUT2D eigenvalue weighted by molar-refractivity contribution is -0.143. The first-order chi connectivity index (χ1) is 16.3. The maximum Gasteiger partial charge on any atom is 0.416 e. The molecule has 2 amide bonds. The fourth-order valence-corrected chi connectivity index (χ4v) is 4.59. The lowest BCUT2D eigenvalue weighted by Gasteiger charge is -2.46. The van der Waals surface area contributed by atoms with Crippen LogP contribution in [0.1, 0.15) is 48.1 Å². The first kappa shape index (κ1) is 25.3. The van der Waals surface area contributed by atoms with Crippen molar-refractivity contribution in [1.29, 1.82) is 0 Å². The number of amides is 2. The molecule has 2 aromatic rings. The van der Waals surface area contributed by atoms with Gasteiger partial charge in [0.1, 0.15) is 0 Å². The number of benzene rings is 2. The van der Waals surface area contributed by atoms with Crippen molar-refractivity contribution in [2.24, 2.45) is 0 Å². The average Bonchev–Trinajstić information content (AvgIpc) is 3.18. The summed E-state index contributed by atoms with van der Waals surface area (Å²) >= 11 is 0. The highest BCUT2D eigenvalue weighted by Gasteiger charge is 2.47. The van der Waals surface area contributed by atoms with Gasteiger partial charge in [-0.3, -0.25) is 0 Å². The number of rotatable bonds is 5. The Morgan fingerprint density at radius 1 is 0.943 bits per heavy atom. The number of nitrogens with one attached hydrogen (secondary N) is 3. The van der Waals surface area contributed by atoms with E-state index in [4.69, 9.17) is 4.74 Å². The molecule has 2 fully saturated rings. The van der Waals surface area contributed by atoms with E-state index >= 15 is 0 Å². The number of urea groups is 1. The van der Waals surface area contributed by atoms with E-state index < -0.39 is 40.7 Å². The minimum atomic E-state index is -4.93. The van der Waals surface area contributed by atoms with Crippen LogP contribution in [0.3, 0.4) is 0 Å². The average molecular weight is 501 g/mol. The van der Waals surface area contributed by atoms with Gasteiger partial charge < -0.3 is 20.7 Å². The van der Waals surface area contributed by atoms with Crippen molar-refractivity contribution in [2.75, 3.05) is 19.7 Å². The van der Waals surface area contributed by atoms with Crippen molar-refractivity contribution < 1.29 is 35.9 Å². The highest BCUT2D eigenvalue weighted by atomic mass is 19.4. The molecular formula is C24H25F6N3O2. The number of hydrogen-bond donors (Lipinski definition) is 3. The number of carbonyl (C=O) groups is 1. The van der Waals surface area contributed by atoms with E-state index in [1.807, 2.05) is 30.3 Å². The van der Waals surface area contributed by atoms with Crippen LogP contribution >= 0.6 is 0 Å². The predicted octanol–water partition coefficient (Wildman–Crippen LogP) is 5.13. The van der Waals surface area contributed by atoms with Gasteiger partial charge in [0.05, 0.1) is 34.9 Å². The van der Waals surface area contributed by atoms with Gasteiger partial charge in [-0.2, -0.15) is 26.3 Å².